The van der Waals surface area contributed by atoms with Gasteiger partial charge in [-0.25, -0.2) is 0 Å². The third-order valence-electron chi connectivity index (χ3n) is 4.14. The first-order valence-corrected chi connectivity index (χ1v) is 8.24. The van der Waals surface area contributed by atoms with E-state index in [1.165, 1.54) is 0 Å². The van der Waals surface area contributed by atoms with Crippen LogP contribution in [-0.4, -0.2) is 43.0 Å². The summed E-state index contributed by atoms with van der Waals surface area (Å²) in [6.07, 6.45) is 0.347. The number of carbonyl (C=O) groups is 2. The second-order valence-electron chi connectivity index (χ2n) is 5.91. The summed E-state index contributed by atoms with van der Waals surface area (Å²) < 4.78 is 5.25. The summed E-state index contributed by atoms with van der Waals surface area (Å²) in [4.78, 5) is 26.3. The molecule has 0 unspecified atom stereocenters. The molecular formula is C19H22ClN3O3. The van der Waals surface area contributed by atoms with Gasteiger partial charge in [0.1, 0.15) is 0 Å². The van der Waals surface area contributed by atoms with Crippen LogP contribution >= 0.6 is 12.4 Å². The number of nitrogens with two attached hydrogens (primary N) is 1. The van der Waals surface area contributed by atoms with Crippen LogP contribution in [0.1, 0.15) is 15.9 Å². The van der Waals surface area contributed by atoms with Crippen LogP contribution < -0.4 is 11.1 Å². The van der Waals surface area contributed by atoms with Gasteiger partial charge in [-0.2, -0.15) is 0 Å². The van der Waals surface area contributed by atoms with Crippen LogP contribution in [0.2, 0.25) is 0 Å². The molecule has 2 aromatic carbocycles. The highest BCUT2D eigenvalue weighted by Gasteiger charge is 2.17. The Bertz CT molecular complexity index is 759. The fraction of sp³-hybridized carbons (Fsp3) is 0.263. The SMILES string of the molecule is Cl.Nc1ccccc1C(=O)Nc1ccc(CC(=O)N2CCOCC2)cc1. The number of halogens is 1. The van der Waals surface area contributed by atoms with Gasteiger partial charge in [-0.1, -0.05) is 24.3 Å². The first kappa shape index (κ1) is 19.8. The lowest BCUT2D eigenvalue weighted by atomic mass is 10.1. The van der Waals surface area contributed by atoms with Gasteiger partial charge in [0.25, 0.3) is 5.91 Å². The summed E-state index contributed by atoms with van der Waals surface area (Å²) in [5.74, 6) is -0.160. The number of nitrogens with one attached hydrogen (secondary N) is 1. The van der Waals surface area contributed by atoms with E-state index in [1.807, 2.05) is 17.0 Å². The van der Waals surface area contributed by atoms with E-state index in [9.17, 15) is 9.59 Å². The van der Waals surface area contributed by atoms with Gasteiger partial charge in [0, 0.05) is 24.5 Å². The van der Waals surface area contributed by atoms with Crippen molar-refractivity contribution in [3.8, 4) is 0 Å². The molecule has 0 spiro atoms. The van der Waals surface area contributed by atoms with Crippen LogP contribution in [0.3, 0.4) is 0 Å². The van der Waals surface area contributed by atoms with Gasteiger partial charge in [0.2, 0.25) is 5.91 Å². The smallest absolute Gasteiger partial charge is 0.257 e. The molecule has 0 bridgehead atoms. The molecule has 3 rings (SSSR count). The van der Waals surface area contributed by atoms with Gasteiger partial charge in [0.15, 0.2) is 0 Å². The molecule has 138 valence electrons. The average Bonchev–Trinajstić information content (AvgIpc) is 2.64. The van der Waals surface area contributed by atoms with Crippen molar-refractivity contribution in [2.45, 2.75) is 6.42 Å². The molecule has 0 saturated carbocycles. The standard InChI is InChI=1S/C19H21N3O3.ClH/c20-17-4-2-1-3-16(17)19(24)21-15-7-5-14(6-8-15)13-18(23)22-9-11-25-12-10-22;/h1-8H,9-13,20H2,(H,21,24);1H. The maximum absolute atomic E-state index is 12.2. The topological polar surface area (TPSA) is 84.7 Å². The maximum atomic E-state index is 12.2. The number of amides is 2. The molecular weight excluding hydrogens is 354 g/mol. The van der Waals surface area contributed by atoms with Crippen molar-refractivity contribution >= 4 is 35.6 Å². The number of benzene rings is 2. The quantitative estimate of drug-likeness (QED) is 0.803. The molecule has 0 radical (unpaired) electrons. The fourth-order valence-electron chi connectivity index (χ4n) is 2.71. The Balaban J connectivity index is 0.00000243. The van der Waals surface area contributed by atoms with Crippen molar-refractivity contribution in [1.82, 2.24) is 4.90 Å². The Kier molecular flexibility index (Phi) is 7.00. The molecule has 1 fully saturated rings. The molecule has 6 nitrogen and oxygen atoms in total. The van der Waals surface area contributed by atoms with Crippen molar-refractivity contribution in [3.05, 3.63) is 59.7 Å². The minimum Gasteiger partial charge on any atom is -0.398 e. The minimum absolute atomic E-state index is 0. The number of morpholine rings is 1. The van der Waals surface area contributed by atoms with Gasteiger partial charge >= 0.3 is 0 Å². The Morgan fingerprint density at radius 2 is 1.69 bits per heavy atom. The van der Waals surface area contributed by atoms with Crippen molar-refractivity contribution < 1.29 is 14.3 Å². The van der Waals surface area contributed by atoms with E-state index in [0.29, 0.717) is 49.7 Å². The van der Waals surface area contributed by atoms with E-state index in [-0.39, 0.29) is 24.2 Å². The van der Waals surface area contributed by atoms with Gasteiger partial charge in [0.05, 0.1) is 25.2 Å². The monoisotopic (exact) mass is 375 g/mol. The lowest BCUT2D eigenvalue weighted by Crippen LogP contribution is -2.41. The molecule has 26 heavy (non-hydrogen) atoms. The summed E-state index contributed by atoms with van der Waals surface area (Å²) in [6.45, 7) is 2.48. The van der Waals surface area contributed by atoms with Crippen LogP contribution in [0.4, 0.5) is 11.4 Å². The summed E-state index contributed by atoms with van der Waals surface area (Å²) in [5, 5.41) is 2.81. The fourth-order valence-corrected chi connectivity index (χ4v) is 2.71. The molecule has 3 N–H and O–H groups in total. The Morgan fingerprint density at radius 3 is 2.35 bits per heavy atom. The first-order valence-electron chi connectivity index (χ1n) is 8.24. The number of nitrogens with zero attached hydrogens (tertiary/aromatic N) is 1. The van der Waals surface area contributed by atoms with Crippen LogP contribution in [0.15, 0.2) is 48.5 Å². The predicted octanol–water partition coefficient (Wildman–Crippen LogP) is 2.34. The lowest BCUT2D eigenvalue weighted by molar-refractivity contribution is -0.134. The van der Waals surface area contributed by atoms with Crippen LogP contribution in [0, 0.1) is 0 Å². The van der Waals surface area contributed by atoms with Crippen molar-refractivity contribution in [3.63, 3.8) is 0 Å². The van der Waals surface area contributed by atoms with Crippen molar-refractivity contribution in [1.29, 1.82) is 0 Å². The second-order valence-corrected chi connectivity index (χ2v) is 5.91. The third kappa shape index (κ3) is 4.97. The van der Waals surface area contributed by atoms with E-state index < -0.39 is 0 Å². The molecule has 1 heterocycles. The van der Waals surface area contributed by atoms with Crippen molar-refractivity contribution in [2.75, 3.05) is 37.4 Å². The van der Waals surface area contributed by atoms with E-state index in [2.05, 4.69) is 5.32 Å². The molecule has 2 amide bonds. The Labute approximate surface area is 158 Å². The van der Waals surface area contributed by atoms with E-state index >= 15 is 0 Å². The number of para-hydroxylation sites is 1. The maximum Gasteiger partial charge on any atom is 0.257 e. The number of anilines is 2. The molecule has 0 aromatic heterocycles. The summed E-state index contributed by atoms with van der Waals surface area (Å²) in [6, 6.07) is 14.2. The zero-order chi connectivity index (χ0) is 17.6. The molecule has 1 saturated heterocycles. The predicted molar refractivity (Wildman–Crippen MR) is 104 cm³/mol. The van der Waals surface area contributed by atoms with Gasteiger partial charge in [-0.15, -0.1) is 12.4 Å². The summed E-state index contributed by atoms with van der Waals surface area (Å²) in [5.41, 5.74) is 8.26. The van der Waals surface area contributed by atoms with E-state index in [0.717, 1.165) is 5.56 Å². The zero-order valence-electron chi connectivity index (χ0n) is 14.3. The normalized spacial score (nSPS) is 13.6. The van der Waals surface area contributed by atoms with Crippen LogP contribution in [0.5, 0.6) is 0 Å². The van der Waals surface area contributed by atoms with Crippen molar-refractivity contribution in [2.24, 2.45) is 0 Å². The highest BCUT2D eigenvalue weighted by atomic mass is 35.5. The number of hydrogen-bond donors (Lipinski definition) is 2. The molecule has 1 aliphatic heterocycles. The highest BCUT2D eigenvalue weighted by molar-refractivity contribution is 6.07. The average molecular weight is 376 g/mol. The highest BCUT2D eigenvalue weighted by Crippen LogP contribution is 2.16. The summed E-state index contributed by atoms with van der Waals surface area (Å²) in [7, 11) is 0. The minimum atomic E-state index is -0.254. The largest absolute Gasteiger partial charge is 0.398 e. The molecule has 0 atom stereocenters. The Hall–Kier alpha value is -2.57. The van der Waals surface area contributed by atoms with E-state index in [4.69, 9.17) is 10.5 Å². The van der Waals surface area contributed by atoms with Crippen LogP contribution in [0.25, 0.3) is 0 Å². The molecule has 0 aliphatic carbocycles. The first-order chi connectivity index (χ1) is 12.1. The molecule has 1 aliphatic rings. The summed E-state index contributed by atoms with van der Waals surface area (Å²) >= 11 is 0. The number of hydrogen-bond acceptors (Lipinski definition) is 4. The molecule has 2 aromatic rings. The number of rotatable bonds is 4. The zero-order valence-corrected chi connectivity index (χ0v) is 15.1. The van der Waals surface area contributed by atoms with Crippen LogP contribution in [-0.2, 0) is 16.0 Å². The Morgan fingerprint density at radius 1 is 1.04 bits per heavy atom. The number of nitrogen functional groups attached to an aromatic ring is 1. The van der Waals surface area contributed by atoms with Gasteiger partial charge in [-0.05, 0) is 29.8 Å². The lowest BCUT2D eigenvalue weighted by Gasteiger charge is -2.26. The number of carbonyl (C=O) groups excluding carboxylic acids is 2. The number of ether oxygens (including phenoxy) is 1. The van der Waals surface area contributed by atoms with Gasteiger partial charge < -0.3 is 20.7 Å². The molecule has 7 heteroatoms. The van der Waals surface area contributed by atoms with Gasteiger partial charge in [-0.3, -0.25) is 9.59 Å². The third-order valence-corrected chi connectivity index (χ3v) is 4.14. The second kappa shape index (κ2) is 9.22. The van der Waals surface area contributed by atoms with E-state index in [1.54, 1.807) is 36.4 Å².